The average molecular weight is 368 g/mol. The minimum atomic E-state index is -0.929. The molecule has 140 valence electrons. The van der Waals surface area contributed by atoms with Crippen LogP contribution in [-0.2, 0) is 9.59 Å². The topological polar surface area (TPSA) is 108 Å². The fourth-order valence-electron chi connectivity index (χ4n) is 4.76. The number of hydrogen-bond acceptors (Lipinski definition) is 6. The number of fused-ring (bicyclic) bond motifs is 3. The van der Waals surface area contributed by atoms with Crippen LogP contribution < -0.4 is 16.0 Å². The summed E-state index contributed by atoms with van der Waals surface area (Å²) >= 11 is 0. The van der Waals surface area contributed by atoms with Gasteiger partial charge in [0.15, 0.2) is 0 Å². The van der Waals surface area contributed by atoms with Gasteiger partial charge >= 0.3 is 0 Å². The number of carbonyl (C=O) groups is 4. The number of hydrogen-bond donors (Lipinski definition) is 3. The molecule has 1 unspecified atom stereocenters. The van der Waals surface area contributed by atoms with Crippen LogP contribution >= 0.6 is 0 Å². The summed E-state index contributed by atoms with van der Waals surface area (Å²) in [6.07, 6.45) is 3.69. The zero-order valence-corrected chi connectivity index (χ0v) is 14.7. The van der Waals surface area contributed by atoms with Crippen molar-refractivity contribution in [3.05, 3.63) is 29.3 Å². The van der Waals surface area contributed by atoms with E-state index in [4.69, 9.17) is 0 Å². The van der Waals surface area contributed by atoms with Gasteiger partial charge in [0.05, 0.1) is 11.1 Å². The molecule has 3 saturated heterocycles. The first-order chi connectivity index (χ1) is 13.0. The van der Waals surface area contributed by atoms with Crippen LogP contribution in [0, 0.1) is 0 Å². The van der Waals surface area contributed by atoms with Crippen molar-refractivity contribution in [1.29, 1.82) is 0 Å². The predicted molar refractivity (Wildman–Crippen MR) is 95.1 cm³/mol. The number of rotatable bonds is 3. The third-order valence-corrected chi connectivity index (χ3v) is 6.09. The quantitative estimate of drug-likeness (QED) is 0.667. The summed E-state index contributed by atoms with van der Waals surface area (Å²) in [5.41, 5.74) is 1.42. The van der Waals surface area contributed by atoms with Crippen molar-refractivity contribution in [2.45, 2.75) is 56.3 Å². The van der Waals surface area contributed by atoms with E-state index in [9.17, 15) is 19.2 Å². The summed E-state index contributed by atoms with van der Waals surface area (Å²) in [6.45, 7) is 0. The molecule has 8 nitrogen and oxygen atoms in total. The van der Waals surface area contributed by atoms with E-state index in [0.29, 0.717) is 29.3 Å². The van der Waals surface area contributed by atoms with Crippen LogP contribution in [0.25, 0.3) is 0 Å². The molecule has 0 spiro atoms. The van der Waals surface area contributed by atoms with Crippen molar-refractivity contribution < 1.29 is 19.2 Å². The Morgan fingerprint density at radius 1 is 1.00 bits per heavy atom. The highest BCUT2D eigenvalue weighted by atomic mass is 16.2. The zero-order valence-electron chi connectivity index (χ0n) is 14.7. The second-order valence-corrected chi connectivity index (χ2v) is 7.74. The molecule has 4 atom stereocenters. The number of anilines is 1. The standard InChI is InChI=1S/C19H20N4O4/c24-16-6-5-15(17(25)22-16)23-18(26)11-3-1-9(7-12(11)19(23)27)21-14-8-10-2-4-13(14)20-10/h1,3,7,10,13-15,20-21H,2,4-6,8H2,(H,22,24,25)/t10-,13+,14+,15?/m0/s1. The first-order valence-electron chi connectivity index (χ1n) is 9.39. The Morgan fingerprint density at radius 2 is 1.81 bits per heavy atom. The van der Waals surface area contributed by atoms with Gasteiger partial charge in [-0.15, -0.1) is 0 Å². The van der Waals surface area contributed by atoms with Crippen molar-refractivity contribution in [3.63, 3.8) is 0 Å². The Kier molecular flexibility index (Phi) is 3.58. The van der Waals surface area contributed by atoms with Gasteiger partial charge in [-0.1, -0.05) is 0 Å². The van der Waals surface area contributed by atoms with Gasteiger partial charge in [0.25, 0.3) is 11.8 Å². The SMILES string of the molecule is O=C1CCC(N2C(=O)c3ccc(N[C@@H]4C[C@@H]5CC[C@H]4N5)cc3C2=O)C(=O)N1. The van der Waals surface area contributed by atoms with Crippen LogP contribution in [0.4, 0.5) is 5.69 Å². The molecular formula is C19H20N4O4. The van der Waals surface area contributed by atoms with Gasteiger partial charge in [0, 0.05) is 30.2 Å². The van der Waals surface area contributed by atoms with E-state index in [1.165, 1.54) is 6.42 Å². The van der Waals surface area contributed by atoms with E-state index in [-0.39, 0.29) is 18.7 Å². The van der Waals surface area contributed by atoms with Gasteiger partial charge in [-0.3, -0.25) is 29.4 Å². The Morgan fingerprint density at radius 3 is 2.52 bits per heavy atom. The summed E-state index contributed by atoms with van der Waals surface area (Å²) in [4.78, 5) is 50.0. The minimum Gasteiger partial charge on any atom is -0.381 e. The highest BCUT2D eigenvalue weighted by Crippen LogP contribution is 2.33. The Hall–Kier alpha value is -2.74. The normalized spacial score (nSPS) is 32.1. The molecule has 3 N–H and O–H groups in total. The van der Waals surface area contributed by atoms with Gasteiger partial charge in [0.2, 0.25) is 11.8 Å². The van der Waals surface area contributed by atoms with Crippen molar-refractivity contribution in [3.8, 4) is 0 Å². The number of amides is 4. The number of nitrogens with zero attached hydrogens (tertiary/aromatic N) is 1. The molecular weight excluding hydrogens is 348 g/mol. The minimum absolute atomic E-state index is 0.119. The molecule has 4 heterocycles. The number of benzene rings is 1. The molecule has 1 aromatic carbocycles. The van der Waals surface area contributed by atoms with E-state index in [1.807, 2.05) is 6.07 Å². The van der Waals surface area contributed by atoms with E-state index in [1.54, 1.807) is 12.1 Å². The Balaban J connectivity index is 1.38. The molecule has 0 radical (unpaired) electrons. The molecule has 0 aromatic heterocycles. The molecule has 4 aliphatic heterocycles. The molecule has 3 fully saturated rings. The fourth-order valence-corrected chi connectivity index (χ4v) is 4.76. The van der Waals surface area contributed by atoms with Crippen LogP contribution in [0.3, 0.4) is 0 Å². The van der Waals surface area contributed by atoms with Crippen LogP contribution in [-0.4, -0.2) is 52.7 Å². The maximum Gasteiger partial charge on any atom is 0.262 e. The third kappa shape index (κ3) is 2.55. The molecule has 0 saturated carbocycles. The second kappa shape index (κ2) is 5.88. The molecule has 27 heavy (non-hydrogen) atoms. The second-order valence-electron chi connectivity index (χ2n) is 7.74. The summed E-state index contributed by atoms with van der Waals surface area (Å²) in [5.74, 6) is -1.91. The number of imide groups is 2. The maximum atomic E-state index is 12.9. The number of nitrogens with one attached hydrogen (secondary N) is 3. The largest absolute Gasteiger partial charge is 0.381 e. The monoisotopic (exact) mass is 368 g/mol. The molecule has 2 bridgehead atoms. The molecule has 4 aliphatic rings. The number of carbonyl (C=O) groups excluding carboxylic acids is 4. The smallest absolute Gasteiger partial charge is 0.262 e. The van der Waals surface area contributed by atoms with E-state index in [0.717, 1.165) is 23.4 Å². The molecule has 8 heteroatoms. The van der Waals surface area contributed by atoms with E-state index in [2.05, 4.69) is 16.0 Å². The lowest BCUT2D eigenvalue weighted by Crippen LogP contribution is -2.54. The Labute approximate surface area is 155 Å². The van der Waals surface area contributed by atoms with Gasteiger partial charge in [0.1, 0.15) is 6.04 Å². The van der Waals surface area contributed by atoms with E-state index < -0.39 is 23.8 Å². The molecule has 1 aromatic rings. The summed E-state index contributed by atoms with van der Waals surface area (Å²) in [5, 5.41) is 9.24. The molecule has 4 amide bonds. The van der Waals surface area contributed by atoms with Gasteiger partial charge in [-0.2, -0.15) is 0 Å². The van der Waals surface area contributed by atoms with Crippen LogP contribution in [0.5, 0.6) is 0 Å². The maximum absolute atomic E-state index is 12.9. The average Bonchev–Trinajstić information content (AvgIpc) is 3.31. The van der Waals surface area contributed by atoms with E-state index >= 15 is 0 Å². The predicted octanol–water partition coefficient (Wildman–Crippen LogP) is 0.393. The van der Waals surface area contributed by atoms with Gasteiger partial charge < -0.3 is 10.6 Å². The third-order valence-electron chi connectivity index (χ3n) is 6.09. The van der Waals surface area contributed by atoms with Gasteiger partial charge in [-0.05, 0) is 43.9 Å². The van der Waals surface area contributed by atoms with Crippen LogP contribution in [0.2, 0.25) is 0 Å². The Bertz CT molecular complexity index is 882. The molecule has 0 aliphatic carbocycles. The van der Waals surface area contributed by atoms with Crippen molar-refractivity contribution in [1.82, 2.24) is 15.5 Å². The first kappa shape index (κ1) is 16.4. The fraction of sp³-hybridized carbons (Fsp3) is 0.474. The van der Waals surface area contributed by atoms with Gasteiger partial charge in [-0.25, -0.2) is 0 Å². The highest BCUT2D eigenvalue weighted by molar-refractivity contribution is 6.23. The van der Waals surface area contributed by atoms with Crippen molar-refractivity contribution in [2.24, 2.45) is 0 Å². The highest BCUT2D eigenvalue weighted by Gasteiger charge is 2.45. The summed E-state index contributed by atoms with van der Waals surface area (Å²) in [7, 11) is 0. The van der Waals surface area contributed by atoms with Crippen LogP contribution in [0.1, 0.15) is 52.8 Å². The van der Waals surface area contributed by atoms with Crippen molar-refractivity contribution >= 4 is 29.3 Å². The van der Waals surface area contributed by atoms with Crippen LogP contribution in [0.15, 0.2) is 18.2 Å². The summed E-state index contributed by atoms with van der Waals surface area (Å²) in [6, 6.07) is 5.55. The number of piperidine rings is 1. The zero-order chi connectivity index (χ0) is 18.7. The lowest BCUT2D eigenvalue weighted by atomic mass is 9.95. The van der Waals surface area contributed by atoms with Crippen molar-refractivity contribution in [2.75, 3.05) is 5.32 Å². The lowest BCUT2D eigenvalue weighted by molar-refractivity contribution is -0.136. The molecule has 5 rings (SSSR count). The lowest BCUT2D eigenvalue weighted by Gasteiger charge is -2.27. The first-order valence-corrected chi connectivity index (χ1v) is 9.39. The summed E-state index contributed by atoms with van der Waals surface area (Å²) < 4.78 is 0.